The second-order valence-corrected chi connectivity index (χ2v) is 4.61. The van der Waals surface area contributed by atoms with Crippen LogP contribution in [0.5, 0.6) is 0 Å². The van der Waals surface area contributed by atoms with Crippen molar-refractivity contribution in [3.8, 4) is 0 Å². The number of hydrogen-bond acceptors (Lipinski definition) is 3. The van der Waals surface area contributed by atoms with Crippen molar-refractivity contribution < 1.29 is 24.0 Å². The van der Waals surface area contributed by atoms with Gasteiger partial charge < -0.3 is 14.9 Å². The molecule has 84 valence electrons. The van der Waals surface area contributed by atoms with Crippen LogP contribution < -0.4 is 0 Å². The highest BCUT2D eigenvalue weighted by Gasteiger charge is 2.27. The lowest BCUT2D eigenvalue weighted by molar-refractivity contribution is 0.120. The van der Waals surface area contributed by atoms with Crippen molar-refractivity contribution in [3.63, 3.8) is 0 Å². The first-order chi connectivity index (χ1) is 6.53. The van der Waals surface area contributed by atoms with Gasteiger partial charge >= 0.3 is 7.82 Å². The van der Waals surface area contributed by atoms with Gasteiger partial charge in [-0.25, -0.2) is 4.57 Å². The second kappa shape index (κ2) is 5.21. The molecular weight excluding hydrogens is 209 g/mol. The summed E-state index contributed by atoms with van der Waals surface area (Å²) in [6.07, 6.45) is 1.90. The maximum absolute atomic E-state index is 10.5. The minimum Gasteiger partial charge on any atom is -0.444 e. The van der Waals surface area contributed by atoms with Crippen LogP contribution in [0.4, 0.5) is 0 Å². The van der Waals surface area contributed by atoms with E-state index in [0.29, 0.717) is 13.2 Å². The fraction of sp³-hybridized carbons (Fsp3) is 1.00. The maximum Gasteiger partial charge on any atom is 0.469 e. The summed E-state index contributed by atoms with van der Waals surface area (Å²) in [6.45, 7) is 1.92. The van der Waals surface area contributed by atoms with Gasteiger partial charge in [0.2, 0.25) is 0 Å². The molecule has 0 amide bonds. The SMILES string of the molecule is O=P(O)(O)OC[C@@H]1CCCN1CC[OH2+]. The summed E-state index contributed by atoms with van der Waals surface area (Å²) in [6, 6.07) is 0.0629. The van der Waals surface area contributed by atoms with Crippen molar-refractivity contribution in [1.82, 2.24) is 4.90 Å². The first kappa shape index (κ1) is 12.1. The third-order valence-electron chi connectivity index (χ3n) is 2.33. The van der Waals surface area contributed by atoms with Gasteiger partial charge in [0.15, 0.2) is 6.61 Å². The number of phosphoric ester groups is 1. The smallest absolute Gasteiger partial charge is 0.444 e. The van der Waals surface area contributed by atoms with Crippen molar-refractivity contribution >= 4 is 7.82 Å². The van der Waals surface area contributed by atoms with E-state index in [1.165, 1.54) is 0 Å². The molecule has 6 nitrogen and oxygen atoms in total. The maximum atomic E-state index is 10.5. The quantitative estimate of drug-likeness (QED) is 0.477. The predicted octanol–water partition coefficient (Wildman–Crippen LogP) is -0.715. The van der Waals surface area contributed by atoms with Gasteiger partial charge in [0, 0.05) is 6.04 Å². The molecule has 0 aliphatic carbocycles. The summed E-state index contributed by atoms with van der Waals surface area (Å²) < 4.78 is 14.9. The van der Waals surface area contributed by atoms with Crippen LogP contribution in [0.15, 0.2) is 0 Å². The van der Waals surface area contributed by atoms with Crippen LogP contribution in [0.3, 0.4) is 0 Å². The lowest BCUT2D eigenvalue weighted by Gasteiger charge is -2.22. The van der Waals surface area contributed by atoms with Crippen LogP contribution in [0.1, 0.15) is 12.8 Å². The lowest BCUT2D eigenvalue weighted by atomic mass is 10.2. The van der Waals surface area contributed by atoms with E-state index in [1.807, 2.05) is 4.90 Å². The molecule has 0 radical (unpaired) electrons. The molecule has 1 saturated heterocycles. The third kappa shape index (κ3) is 4.04. The van der Waals surface area contributed by atoms with Gasteiger partial charge in [0.05, 0.1) is 13.2 Å². The van der Waals surface area contributed by atoms with Gasteiger partial charge in [-0.1, -0.05) is 0 Å². The fourth-order valence-electron chi connectivity index (χ4n) is 1.71. The molecule has 7 heteroatoms. The minimum absolute atomic E-state index is 0.0598. The van der Waals surface area contributed by atoms with Crippen molar-refractivity contribution in [2.45, 2.75) is 18.9 Å². The Morgan fingerprint density at radius 1 is 1.57 bits per heavy atom. The fourth-order valence-corrected chi connectivity index (χ4v) is 2.07. The average molecular weight is 226 g/mol. The highest BCUT2D eigenvalue weighted by atomic mass is 31.2. The molecule has 0 aromatic heterocycles. The Kier molecular flexibility index (Phi) is 4.50. The molecule has 0 bridgehead atoms. The van der Waals surface area contributed by atoms with E-state index in [2.05, 4.69) is 4.52 Å². The zero-order valence-electron chi connectivity index (χ0n) is 7.93. The minimum atomic E-state index is -4.34. The lowest BCUT2D eigenvalue weighted by Crippen LogP contribution is -2.34. The average Bonchev–Trinajstić information content (AvgIpc) is 2.48. The molecule has 1 fully saturated rings. The Morgan fingerprint density at radius 2 is 2.29 bits per heavy atom. The molecule has 1 atom stereocenters. The molecule has 0 unspecified atom stereocenters. The van der Waals surface area contributed by atoms with Crippen LogP contribution in [-0.2, 0) is 9.09 Å². The Labute approximate surface area is 82.7 Å². The van der Waals surface area contributed by atoms with E-state index in [1.54, 1.807) is 0 Å². The first-order valence-corrected chi connectivity index (χ1v) is 6.14. The number of phosphoric acid groups is 1. The van der Waals surface area contributed by atoms with E-state index in [4.69, 9.17) is 14.9 Å². The third-order valence-corrected chi connectivity index (χ3v) is 2.82. The molecule has 1 aliphatic rings. The zero-order valence-corrected chi connectivity index (χ0v) is 8.82. The number of rotatable bonds is 5. The Bertz CT molecular complexity index is 218. The Balaban J connectivity index is 2.32. The highest BCUT2D eigenvalue weighted by molar-refractivity contribution is 7.46. The summed E-state index contributed by atoms with van der Waals surface area (Å²) >= 11 is 0. The summed E-state index contributed by atoms with van der Waals surface area (Å²) in [5.41, 5.74) is 0. The van der Waals surface area contributed by atoms with E-state index >= 15 is 0 Å². The molecule has 14 heavy (non-hydrogen) atoms. The van der Waals surface area contributed by atoms with Crippen LogP contribution >= 0.6 is 7.82 Å². The largest absolute Gasteiger partial charge is 0.469 e. The van der Waals surface area contributed by atoms with Gasteiger partial charge in [0.25, 0.3) is 0 Å². The topological polar surface area (TPSA) is 92.9 Å². The number of likely N-dealkylation sites (tertiary alicyclic amines) is 1. The van der Waals surface area contributed by atoms with Crippen molar-refractivity contribution in [3.05, 3.63) is 0 Å². The normalized spacial score (nSPS) is 24.4. The molecule has 0 aromatic rings. The van der Waals surface area contributed by atoms with Crippen LogP contribution in [0.25, 0.3) is 0 Å². The van der Waals surface area contributed by atoms with E-state index in [9.17, 15) is 4.57 Å². The zero-order chi connectivity index (χ0) is 10.6. The summed E-state index contributed by atoms with van der Waals surface area (Å²) in [5.74, 6) is 0. The van der Waals surface area contributed by atoms with Gasteiger partial charge in [-0.2, -0.15) is 0 Å². The standard InChI is InChI=1S/C7H16NO5P/c9-5-4-8-3-1-2-7(8)6-13-14(10,11)12/h7,9H,1-6H2,(H2,10,11,12)/p+1/t7-/m0/s1. The van der Waals surface area contributed by atoms with Crippen LogP contribution in [0, 0.1) is 0 Å². The highest BCUT2D eigenvalue weighted by Crippen LogP contribution is 2.36. The van der Waals surface area contributed by atoms with Crippen molar-refractivity contribution in [2.75, 3.05) is 26.3 Å². The number of nitrogens with zero attached hydrogens (tertiary/aromatic N) is 1. The molecule has 0 aromatic carbocycles. The molecule has 0 spiro atoms. The first-order valence-electron chi connectivity index (χ1n) is 4.61. The van der Waals surface area contributed by atoms with Crippen molar-refractivity contribution in [2.24, 2.45) is 0 Å². The van der Waals surface area contributed by atoms with E-state index < -0.39 is 7.82 Å². The monoisotopic (exact) mass is 226 g/mol. The van der Waals surface area contributed by atoms with Crippen LogP contribution in [0.2, 0.25) is 0 Å². The molecule has 4 N–H and O–H groups in total. The van der Waals surface area contributed by atoms with E-state index in [0.717, 1.165) is 19.4 Å². The van der Waals surface area contributed by atoms with Gasteiger partial charge in [0.1, 0.15) is 0 Å². The molecule has 1 rings (SSSR count). The Hall–Kier alpha value is 0.0300. The summed E-state index contributed by atoms with van der Waals surface area (Å²) in [4.78, 5) is 19.1. The second-order valence-electron chi connectivity index (χ2n) is 3.37. The molecular formula is C7H17NO5P+. The predicted molar refractivity (Wildman–Crippen MR) is 51.1 cm³/mol. The van der Waals surface area contributed by atoms with Gasteiger partial charge in [-0.05, 0) is 19.4 Å². The van der Waals surface area contributed by atoms with Crippen molar-refractivity contribution in [1.29, 1.82) is 0 Å². The van der Waals surface area contributed by atoms with Gasteiger partial charge in [-0.3, -0.25) is 9.42 Å². The molecule has 1 heterocycles. The van der Waals surface area contributed by atoms with E-state index in [-0.39, 0.29) is 12.6 Å². The number of hydrogen-bond donors (Lipinski definition) is 2. The molecule has 1 aliphatic heterocycles. The van der Waals surface area contributed by atoms with Gasteiger partial charge in [-0.15, -0.1) is 0 Å². The summed E-state index contributed by atoms with van der Waals surface area (Å²) in [5, 5.41) is 7.08. The Morgan fingerprint density at radius 3 is 2.86 bits per heavy atom. The van der Waals surface area contributed by atoms with Crippen LogP contribution in [-0.4, -0.2) is 52.1 Å². The summed E-state index contributed by atoms with van der Waals surface area (Å²) in [7, 11) is -4.34. The molecule has 0 saturated carbocycles.